The van der Waals surface area contributed by atoms with Gasteiger partial charge in [-0.3, -0.25) is 0 Å². The molecule has 1 aromatic heterocycles. The fourth-order valence-corrected chi connectivity index (χ4v) is 1.96. The Morgan fingerprint density at radius 3 is 2.48 bits per heavy atom. The average Bonchev–Trinajstić information content (AvgIpc) is 2.41. The second kappa shape index (κ2) is 5.70. The highest BCUT2D eigenvalue weighted by Crippen LogP contribution is 2.31. The zero-order chi connectivity index (χ0) is 15.6. The van der Waals surface area contributed by atoms with E-state index in [2.05, 4.69) is 4.98 Å². The SMILES string of the molecule is N#CC(c1cccc(C(F)(F)F)n1)c1ccc(Cl)cc1F. The highest BCUT2D eigenvalue weighted by atomic mass is 35.5. The third-order valence-electron chi connectivity index (χ3n) is 2.76. The fourth-order valence-electron chi connectivity index (χ4n) is 1.80. The van der Waals surface area contributed by atoms with Crippen LogP contribution in [0.1, 0.15) is 22.9 Å². The van der Waals surface area contributed by atoms with Crippen LogP contribution in [0.15, 0.2) is 36.4 Å². The van der Waals surface area contributed by atoms with Gasteiger partial charge >= 0.3 is 6.18 Å². The van der Waals surface area contributed by atoms with Gasteiger partial charge in [0.2, 0.25) is 0 Å². The molecule has 1 unspecified atom stereocenters. The molecular weight excluding hydrogens is 308 g/mol. The summed E-state index contributed by atoms with van der Waals surface area (Å²) in [5.41, 5.74) is -1.38. The molecule has 1 heterocycles. The van der Waals surface area contributed by atoms with Crippen molar-refractivity contribution >= 4 is 11.6 Å². The largest absolute Gasteiger partial charge is 0.433 e. The Hall–Kier alpha value is -2.13. The summed E-state index contributed by atoms with van der Waals surface area (Å²) < 4.78 is 51.7. The van der Waals surface area contributed by atoms with E-state index in [4.69, 9.17) is 16.9 Å². The maximum Gasteiger partial charge on any atom is 0.433 e. The molecule has 2 aromatic rings. The van der Waals surface area contributed by atoms with Crippen molar-refractivity contribution in [3.05, 3.63) is 64.2 Å². The van der Waals surface area contributed by atoms with Crippen molar-refractivity contribution in [2.45, 2.75) is 12.1 Å². The fraction of sp³-hybridized carbons (Fsp3) is 0.143. The number of benzene rings is 1. The van der Waals surface area contributed by atoms with Crippen LogP contribution in [0.5, 0.6) is 0 Å². The van der Waals surface area contributed by atoms with E-state index in [1.165, 1.54) is 18.2 Å². The lowest BCUT2D eigenvalue weighted by Gasteiger charge is -2.12. The predicted octanol–water partition coefficient (Wildman–Crippen LogP) is 4.55. The second-order valence-electron chi connectivity index (χ2n) is 4.17. The van der Waals surface area contributed by atoms with Gasteiger partial charge in [-0.1, -0.05) is 23.7 Å². The molecule has 2 nitrogen and oxygen atoms in total. The van der Waals surface area contributed by atoms with E-state index in [-0.39, 0.29) is 16.3 Å². The number of aromatic nitrogens is 1. The zero-order valence-corrected chi connectivity index (χ0v) is 11.1. The number of rotatable bonds is 2. The third kappa shape index (κ3) is 3.31. The van der Waals surface area contributed by atoms with Crippen LogP contribution in [0, 0.1) is 17.1 Å². The van der Waals surface area contributed by atoms with Gasteiger partial charge < -0.3 is 0 Å². The van der Waals surface area contributed by atoms with Gasteiger partial charge in [0.25, 0.3) is 0 Å². The number of hydrogen-bond acceptors (Lipinski definition) is 2. The summed E-state index contributed by atoms with van der Waals surface area (Å²) in [6.45, 7) is 0. The number of pyridine rings is 1. The minimum Gasteiger partial charge on any atom is -0.247 e. The second-order valence-corrected chi connectivity index (χ2v) is 4.61. The number of halogens is 5. The number of nitrogens with zero attached hydrogens (tertiary/aromatic N) is 2. The highest BCUT2D eigenvalue weighted by Gasteiger charge is 2.33. The van der Waals surface area contributed by atoms with Crippen molar-refractivity contribution in [2.24, 2.45) is 0 Å². The Balaban J connectivity index is 2.50. The lowest BCUT2D eigenvalue weighted by molar-refractivity contribution is -0.141. The standard InChI is InChI=1S/C14H7ClF4N2/c15-8-4-5-9(11(16)6-8)10(7-20)12-2-1-3-13(21-12)14(17,18)19/h1-6,10H. The van der Waals surface area contributed by atoms with E-state index in [1.54, 1.807) is 6.07 Å². The summed E-state index contributed by atoms with van der Waals surface area (Å²) >= 11 is 5.61. The first-order valence-corrected chi connectivity index (χ1v) is 6.09. The number of alkyl halides is 3. The van der Waals surface area contributed by atoms with Gasteiger partial charge in [0.1, 0.15) is 17.4 Å². The summed E-state index contributed by atoms with van der Waals surface area (Å²) in [6, 6.07) is 8.54. The maximum absolute atomic E-state index is 13.8. The first-order chi connectivity index (χ1) is 9.82. The third-order valence-corrected chi connectivity index (χ3v) is 2.99. The number of hydrogen-bond donors (Lipinski definition) is 0. The van der Waals surface area contributed by atoms with Gasteiger partial charge in [-0.15, -0.1) is 0 Å². The van der Waals surface area contributed by atoms with Gasteiger partial charge in [0, 0.05) is 10.6 Å². The molecule has 0 fully saturated rings. The van der Waals surface area contributed by atoms with Gasteiger partial charge in [-0.05, 0) is 24.3 Å². The molecule has 1 aromatic carbocycles. The molecular formula is C14H7ClF4N2. The van der Waals surface area contributed by atoms with E-state index >= 15 is 0 Å². The van der Waals surface area contributed by atoms with Crippen LogP contribution in [0.3, 0.4) is 0 Å². The smallest absolute Gasteiger partial charge is 0.247 e. The van der Waals surface area contributed by atoms with Crippen molar-refractivity contribution in [2.75, 3.05) is 0 Å². The molecule has 0 saturated carbocycles. The molecule has 0 bridgehead atoms. The van der Waals surface area contributed by atoms with Crippen LogP contribution in [0.25, 0.3) is 0 Å². The van der Waals surface area contributed by atoms with Crippen molar-refractivity contribution < 1.29 is 17.6 Å². The Morgan fingerprint density at radius 2 is 1.90 bits per heavy atom. The van der Waals surface area contributed by atoms with Crippen molar-refractivity contribution in [1.29, 1.82) is 5.26 Å². The van der Waals surface area contributed by atoms with Crippen molar-refractivity contribution in [1.82, 2.24) is 4.98 Å². The molecule has 21 heavy (non-hydrogen) atoms. The Labute approximate surface area is 122 Å². The Bertz CT molecular complexity index is 707. The maximum atomic E-state index is 13.8. The van der Waals surface area contributed by atoms with Crippen LogP contribution in [-0.2, 0) is 6.18 Å². The molecule has 108 valence electrons. The highest BCUT2D eigenvalue weighted by molar-refractivity contribution is 6.30. The molecule has 0 saturated heterocycles. The van der Waals surface area contributed by atoms with Crippen LogP contribution in [0.2, 0.25) is 5.02 Å². The minimum atomic E-state index is -4.63. The quantitative estimate of drug-likeness (QED) is 0.763. The first-order valence-electron chi connectivity index (χ1n) is 5.71. The minimum absolute atomic E-state index is 0.0753. The molecule has 7 heteroatoms. The molecule has 1 atom stereocenters. The van der Waals surface area contributed by atoms with Crippen LogP contribution < -0.4 is 0 Å². The van der Waals surface area contributed by atoms with E-state index in [1.807, 2.05) is 0 Å². The van der Waals surface area contributed by atoms with Crippen molar-refractivity contribution in [3.8, 4) is 6.07 Å². The normalized spacial score (nSPS) is 12.8. The van der Waals surface area contributed by atoms with Gasteiger partial charge in [0.05, 0.1) is 11.8 Å². The molecule has 0 aliphatic heterocycles. The number of nitriles is 1. The molecule has 2 rings (SSSR count). The van der Waals surface area contributed by atoms with E-state index < -0.39 is 23.6 Å². The van der Waals surface area contributed by atoms with E-state index in [0.717, 1.165) is 18.2 Å². The molecule has 0 aliphatic carbocycles. The van der Waals surface area contributed by atoms with E-state index in [9.17, 15) is 17.6 Å². The molecule has 0 N–H and O–H groups in total. The summed E-state index contributed by atoms with van der Waals surface area (Å²) in [4.78, 5) is 3.41. The lowest BCUT2D eigenvalue weighted by atomic mass is 9.96. The Kier molecular flexibility index (Phi) is 4.14. The summed E-state index contributed by atoms with van der Waals surface area (Å²) in [7, 11) is 0. The van der Waals surface area contributed by atoms with Gasteiger partial charge in [0.15, 0.2) is 0 Å². The summed E-state index contributed by atoms with van der Waals surface area (Å²) in [6.07, 6.45) is -4.63. The summed E-state index contributed by atoms with van der Waals surface area (Å²) in [5.74, 6) is -2.02. The molecule has 0 amide bonds. The summed E-state index contributed by atoms with van der Waals surface area (Å²) in [5, 5.41) is 9.28. The lowest BCUT2D eigenvalue weighted by Crippen LogP contribution is -2.11. The van der Waals surface area contributed by atoms with Crippen LogP contribution in [0.4, 0.5) is 17.6 Å². The monoisotopic (exact) mass is 314 g/mol. The van der Waals surface area contributed by atoms with E-state index in [0.29, 0.717) is 0 Å². The van der Waals surface area contributed by atoms with Gasteiger partial charge in [-0.25, -0.2) is 9.37 Å². The van der Waals surface area contributed by atoms with Crippen LogP contribution in [-0.4, -0.2) is 4.98 Å². The van der Waals surface area contributed by atoms with Crippen LogP contribution >= 0.6 is 11.6 Å². The van der Waals surface area contributed by atoms with Gasteiger partial charge in [-0.2, -0.15) is 18.4 Å². The zero-order valence-electron chi connectivity index (χ0n) is 10.3. The Morgan fingerprint density at radius 1 is 1.19 bits per heavy atom. The molecule has 0 radical (unpaired) electrons. The predicted molar refractivity (Wildman–Crippen MR) is 68.1 cm³/mol. The molecule has 0 spiro atoms. The topological polar surface area (TPSA) is 36.7 Å². The first kappa shape index (κ1) is 15.3. The average molecular weight is 315 g/mol. The van der Waals surface area contributed by atoms with Crippen molar-refractivity contribution in [3.63, 3.8) is 0 Å². The molecule has 0 aliphatic rings.